The molecule has 6 heteroatoms. The number of aromatic nitrogens is 2. The van der Waals surface area contributed by atoms with Gasteiger partial charge in [-0.15, -0.1) is 0 Å². The zero-order valence-corrected chi connectivity index (χ0v) is 9.09. The first-order valence-corrected chi connectivity index (χ1v) is 5.10. The Labute approximate surface area is 93.3 Å². The smallest absolute Gasteiger partial charge is 0.303 e. The molecule has 0 spiro atoms. The Morgan fingerprint density at radius 3 is 2.88 bits per heavy atom. The van der Waals surface area contributed by atoms with Crippen molar-refractivity contribution in [2.24, 2.45) is 0 Å². The Morgan fingerprint density at radius 1 is 1.56 bits per heavy atom. The Balaban J connectivity index is 2.27. The molecule has 0 radical (unpaired) electrons. The fourth-order valence-corrected chi connectivity index (χ4v) is 1.23. The van der Waals surface area contributed by atoms with E-state index in [1.807, 2.05) is 0 Å². The van der Waals surface area contributed by atoms with E-state index in [9.17, 15) is 9.59 Å². The minimum atomic E-state index is -0.852. The molecule has 1 aromatic heterocycles. The highest BCUT2D eigenvalue weighted by molar-refractivity contribution is 5.79. The molecule has 6 nitrogen and oxygen atoms in total. The molecule has 1 aromatic rings. The molecule has 1 atom stereocenters. The van der Waals surface area contributed by atoms with Crippen molar-refractivity contribution in [1.82, 2.24) is 15.1 Å². The van der Waals surface area contributed by atoms with Gasteiger partial charge in [0.15, 0.2) is 0 Å². The third-order valence-electron chi connectivity index (χ3n) is 2.17. The fraction of sp³-hybridized carbons (Fsp3) is 0.500. The minimum Gasteiger partial charge on any atom is -0.481 e. The van der Waals surface area contributed by atoms with Crippen LogP contribution in [0, 0.1) is 0 Å². The van der Waals surface area contributed by atoms with E-state index in [-0.39, 0.29) is 18.4 Å². The lowest BCUT2D eigenvalue weighted by molar-refractivity contribution is -0.137. The van der Waals surface area contributed by atoms with Crippen molar-refractivity contribution in [2.75, 3.05) is 6.54 Å². The molecule has 1 rings (SSSR count). The number of hydrogen-bond acceptors (Lipinski definition) is 3. The number of nitrogens with one attached hydrogen (secondary N) is 1. The molecule has 1 heterocycles. The van der Waals surface area contributed by atoms with E-state index >= 15 is 0 Å². The number of carbonyl (C=O) groups excluding carboxylic acids is 1. The van der Waals surface area contributed by atoms with E-state index in [1.54, 1.807) is 30.1 Å². The lowest BCUT2D eigenvalue weighted by Crippen LogP contribution is -2.32. The van der Waals surface area contributed by atoms with E-state index < -0.39 is 5.97 Å². The SMILES string of the molecule is CC(C(=O)NCCCC(=O)O)n1cccn1. The van der Waals surface area contributed by atoms with Gasteiger partial charge in [-0.3, -0.25) is 14.3 Å². The quantitative estimate of drug-likeness (QED) is 0.687. The Kier molecular flexibility index (Phi) is 4.50. The van der Waals surface area contributed by atoms with Gasteiger partial charge in [0.05, 0.1) is 0 Å². The van der Waals surface area contributed by atoms with E-state index in [1.165, 1.54) is 0 Å². The fourth-order valence-electron chi connectivity index (χ4n) is 1.23. The lowest BCUT2D eigenvalue weighted by Gasteiger charge is -2.12. The highest BCUT2D eigenvalue weighted by Crippen LogP contribution is 2.02. The number of amides is 1. The summed E-state index contributed by atoms with van der Waals surface area (Å²) in [6, 6.07) is 1.37. The molecule has 0 aliphatic carbocycles. The van der Waals surface area contributed by atoms with Crippen LogP contribution in [0.4, 0.5) is 0 Å². The minimum absolute atomic E-state index is 0.0659. The average Bonchev–Trinajstić information content (AvgIpc) is 2.76. The van der Waals surface area contributed by atoms with Crippen LogP contribution >= 0.6 is 0 Å². The van der Waals surface area contributed by atoms with Crippen LogP contribution in [0.1, 0.15) is 25.8 Å². The molecular formula is C10H15N3O3. The molecule has 2 N–H and O–H groups in total. The van der Waals surface area contributed by atoms with Gasteiger partial charge in [0, 0.05) is 25.4 Å². The summed E-state index contributed by atoms with van der Waals surface area (Å²) in [5.41, 5.74) is 0. The van der Waals surface area contributed by atoms with Crippen molar-refractivity contribution in [3.63, 3.8) is 0 Å². The number of aliphatic carboxylic acids is 1. The predicted molar refractivity (Wildman–Crippen MR) is 56.8 cm³/mol. The zero-order chi connectivity index (χ0) is 12.0. The number of carboxylic acid groups (broad SMARTS) is 1. The number of carboxylic acids is 1. The van der Waals surface area contributed by atoms with Gasteiger partial charge in [-0.1, -0.05) is 0 Å². The summed E-state index contributed by atoms with van der Waals surface area (Å²) in [5, 5.41) is 15.0. The molecular weight excluding hydrogens is 210 g/mol. The second-order valence-electron chi connectivity index (χ2n) is 3.45. The number of carbonyl (C=O) groups is 2. The van der Waals surface area contributed by atoms with Crippen molar-refractivity contribution in [2.45, 2.75) is 25.8 Å². The predicted octanol–water partition coefficient (Wildman–Crippen LogP) is 0.425. The van der Waals surface area contributed by atoms with Crippen LogP contribution in [0.2, 0.25) is 0 Å². The van der Waals surface area contributed by atoms with Crippen molar-refractivity contribution in [3.8, 4) is 0 Å². The van der Waals surface area contributed by atoms with Gasteiger partial charge in [-0.25, -0.2) is 0 Å². The Bertz CT molecular complexity index is 348. The molecule has 0 aliphatic rings. The molecule has 0 bridgehead atoms. The molecule has 0 fully saturated rings. The Morgan fingerprint density at radius 2 is 2.31 bits per heavy atom. The maximum absolute atomic E-state index is 11.6. The van der Waals surface area contributed by atoms with Gasteiger partial charge in [-0.2, -0.15) is 5.10 Å². The highest BCUT2D eigenvalue weighted by Gasteiger charge is 2.13. The van der Waals surface area contributed by atoms with Crippen molar-refractivity contribution < 1.29 is 14.7 Å². The van der Waals surface area contributed by atoms with E-state index in [4.69, 9.17) is 5.11 Å². The van der Waals surface area contributed by atoms with Gasteiger partial charge in [0.25, 0.3) is 0 Å². The topological polar surface area (TPSA) is 84.2 Å². The molecule has 88 valence electrons. The molecule has 0 saturated heterocycles. The lowest BCUT2D eigenvalue weighted by atomic mass is 10.3. The van der Waals surface area contributed by atoms with Crippen LogP contribution in [0.5, 0.6) is 0 Å². The number of rotatable bonds is 6. The third kappa shape index (κ3) is 3.72. The van der Waals surface area contributed by atoms with Crippen LogP contribution in [-0.4, -0.2) is 33.3 Å². The first kappa shape index (κ1) is 12.2. The second-order valence-corrected chi connectivity index (χ2v) is 3.45. The van der Waals surface area contributed by atoms with Crippen molar-refractivity contribution >= 4 is 11.9 Å². The number of nitrogens with zero attached hydrogens (tertiary/aromatic N) is 2. The van der Waals surface area contributed by atoms with Crippen LogP contribution in [-0.2, 0) is 9.59 Å². The molecule has 16 heavy (non-hydrogen) atoms. The summed E-state index contributed by atoms with van der Waals surface area (Å²) in [6.07, 6.45) is 3.82. The van der Waals surface area contributed by atoms with Gasteiger partial charge in [0.1, 0.15) is 6.04 Å². The van der Waals surface area contributed by atoms with Crippen LogP contribution < -0.4 is 5.32 Å². The van der Waals surface area contributed by atoms with Crippen LogP contribution in [0.25, 0.3) is 0 Å². The average molecular weight is 225 g/mol. The zero-order valence-electron chi connectivity index (χ0n) is 9.09. The molecule has 0 saturated carbocycles. The summed E-state index contributed by atoms with van der Waals surface area (Å²) < 4.78 is 1.55. The van der Waals surface area contributed by atoms with E-state index in [2.05, 4.69) is 10.4 Å². The first-order chi connectivity index (χ1) is 7.61. The largest absolute Gasteiger partial charge is 0.481 e. The maximum Gasteiger partial charge on any atom is 0.303 e. The Hall–Kier alpha value is -1.85. The summed E-state index contributed by atoms with van der Waals surface area (Å²) >= 11 is 0. The van der Waals surface area contributed by atoms with Crippen molar-refractivity contribution in [3.05, 3.63) is 18.5 Å². The van der Waals surface area contributed by atoms with Crippen LogP contribution in [0.3, 0.4) is 0 Å². The normalized spacial score (nSPS) is 12.1. The summed E-state index contributed by atoms with van der Waals surface area (Å²) in [7, 11) is 0. The molecule has 1 amide bonds. The highest BCUT2D eigenvalue weighted by atomic mass is 16.4. The molecule has 0 aliphatic heterocycles. The summed E-state index contributed by atoms with van der Waals surface area (Å²) in [4.78, 5) is 21.8. The first-order valence-electron chi connectivity index (χ1n) is 5.10. The van der Waals surface area contributed by atoms with Gasteiger partial charge < -0.3 is 10.4 Å². The van der Waals surface area contributed by atoms with Gasteiger partial charge in [0.2, 0.25) is 5.91 Å². The summed E-state index contributed by atoms with van der Waals surface area (Å²) in [6.45, 7) is 2.11. The van der Waals surface area contributed by atoms with Gasteiger partial charge >= 0.3 is 5.97 Å². The van der Waals surface area contributed by atoms with Crippen molar-refractivity contribution in [1.29, 1.82) is 0 Å². The monoisotopic (exact) mass is 225 g/mol. The van der Waals surface area contributed by atoms with E-state index in [0.717, 1.165) is 0 Å². The summed E-state index contributed by atoms with van der Waals surface area (Å²) in [5.74, 6) is -1.01. The van der Waals surface area contributed by atoms with Crippen LogP contribution in [0.15, 0.2) is 18.5 Å². The third-order valence-corrected chi connectivity index (χ3v) is 2.17. The molecule has 0 aromatic carbocycles. The number of hydrogen-bond donors (Lipinski definition) is 2. The maximum atomic E-state index is 11.6. The van der Waals surface area contributed by atoms with E-state index in [0.29, 0.717) is 13.0 Å². The standard InChI is InChI=1S/C10H15N3O3/c1-8(13-7-3-6-12-13)10(16)11-5-2-4-9(14)15/h3,6-8H,2,4-5H2,1H3,(H,11,16)(H,14,15). The second kappa shape index (κ2) is 5.89. The molecule has 1 unspecified atom stereocenters. The van der Waals surface area contributed by atoms with Gasteiger partial charge in [-0.05, 0) is 19.4 Å².